The van der Waals surface area contributed by atoms with Gasteiger partial charge < -0.3 is 19.5 Å². The highest BCUT2D eigenvalue weighted by Gasteiger charge is 2.29. The predicted octanol–water partition coefficient (Wildman–Crippen LogP) is 2.84. The first-order chi connectivity index (χ1) is 15.6. The quantitative estimate of drug-likeness (QED) is 0.496. The van der Waals surface area contributed by atoms with E-state index in [1.807, 2.05) is 24.3 Å². The number of rotatable bonds is 7. The van der Waals surface area contributed by atoms with Crippen LogP contribution in [0.15, 0.2) is 78.9 Å². The minimum Gasteiger partial charge on any atom is -0.497 e. The van der Waals surface area contributed by atoms with Crippen LogP contribution in [0, 0.1) is 0 Å². The Kier molecular flexibility index (Phi) is 6.52. The number of hydrogen-bond donors (Lipinski definition) is 3. The van der Waals surface area contributed by atoms with Crippen LogP contribution in [0.3, 0.4) is 0 Å². The van der Waals surface area contributed by atoms with E-state index in [2.05, 4.69) is 16.2 Å². The summed E-state index contributed by atoms with van der Waals surface area (Å²) in [6.45, 7) is 0.0660. The fourth-order valence-corrected chi connectivity index (χ4v) is 3.23. The highest BCUT2D eigenvalue weighted by molar-refractivity contribution is 5.96. The number of para-hydroxylation sites is 2. The first-order valence-corrected chi connectivity index (χ1v) is 10.1. The maximum absolute atomic E-state index is 13.0. The molecule has 3 aromatic carbocycles. The Morgan fingerprint density at radius 1 is 0.969 bits per heavy atom. The predicted molar refractivity (Wildman–Crippen MR) is 118 cm³/mol. The van der Waals surface area contributed by atoms with E-state index in [0.717, 1.165) is 0 Å². The average Bonchev–Trinajstić information content (AvgIpc) is 2.84. The maximum Gasteiger partial charge on any atom is 0.278 e. The van der Waals surface area contributed by atoms with Crippen molar-refractivity contribution >= 4 is 17.5 Å². The topological polar surface area (TPSA) is 97.9 Å². The van der Waals surface area contributed by atoms with Crippen molar-refractivity contribution in [2.45, 2.75) is 12.1 Å². The van der Waals surface area contributed by atoms with E-state index in [9.17, 15) is 9.59 Å². The standard InChI is InChI=1S/C24H23N3O5/c1-30-18-11-7-10-17(14-18)25-24(29)22(16-8-3-2-4-9-16)26-27-23(28)21-15-31-19-12-5-6-13-20(19)32-21/h2-14,21-22,26H,15H2,1H3,(H,25,29)(H,27,28)/t21-,22-/m0/s1. The van der Waals surface area contributed by atoms with Gasteiger partial charge in [0.1, 0.15) is 18.4 Å². The maximum atomic E-state index is 13.0. The number of carbonyl (C=O) groups is 2. The number of benzene rings is 3. The van der Waals surface area contributed by atoms with Gasteiger partial charge in [-0.05, 0) is 29.8 Å². The van der Waals surface area contributed by atoms with Gasteiger partial charge >= 0.3 is 0 Å². The molecule has 0 fully saturated rings. The Hall–Kier alpha value is -4.04. The molecule has 1 aliphatic rings. The molecule has 164 valence electrons. The lowest BCUT2D eigenvalue weighted by molar-refractivity contribution is -0.132. The van der Waals surface area contributed by atoms with Crippen molar-refractivity contribution in [3.05, 3.63) is 84.4 Å². The van der Waals surface area contributed by atoms with E-state index in [4.69, 9.17) is 14.2 Å². The minimum atomic E-state index is -0.852. The molecule has 3 aromatic rings. The van der Waals surface area contributed by atoms with Gasteiger partial charge in [-0.1, -0.05) is 48.5 Å². The van der Waals surface area contributed by atoms with E-state index in [-0.39, 0.29) is 12.5 Å². The molecule has 3 N–H and O–H groups in total. The first kappa shape index (κ1) is 21.2. The zero-order chi connectivity index (χ0) is 22.3. The van der Waals surface area contributed by atoms with Gasteiger partial charge in [-0.3, -0.25) is 15.0 Å². The lowest BCUT2D eigenvalue weighted by Gasteiger charge is -2.26. The van der Waals surface area contributed by atoms with Crippen molar-refractivity contribution in [2.24, 2.45) is 0 Å². The van der Waals surface area contributed by atoms with Gasteiger partial charge in [-0.2, -0.15) is 0 Å². The molecule has 0 radical (unpaired) electrons. The fourth-order valence-electron chi connectivity index (χ4n) is 3.23. The molecule has 0 saturated heterocycles. The summed E-state index contributed by atoms with van der Waals surface area (Å²) in [4.78, 5) is 25.7. The molecule has 0 unspecified atom stereocenters. The van der Waals surface area contributed by atoms with Gasteiger partial charge in [-0.15, -0.1) is 0 Å². The third-order valence-electron chi connectivity index (χ3n) is 4.87. The van der Waals surface area contributed by atoms with Gasteiger partial charge in [-0.25, -0.2) is 5.43 Å². The minimum absolute atomic E-state index is 0.0660. The molecule has 1 heterocycles. The number of carbonyl (C=O) groups excluding carboxylic acids is 2. The molecule has 0 saturated carbocycles. The molecule has 1 aliphatic heterocycles. The third-order valence-corrected chi connectivity index (χ3v) is 4.87. The van der Waals surface area contributed by atoms with Crippen molar-refractivity contribution in [1.82, 2.24) is 10.9 Å². The second kappa shape index (κ2) is 9.84. The van der Waals surface area contributed by atoms with Crippen molar-refractivity contribution in [3.63, 3.8) is 0 Å². The van der Waals surface area contributed by atoms with Crippen LogP contribution in [0.4, 0.5) is 5.69 Å². The van der Waals surface area contributed by atoms with Crippen molar-refractivity contribution in [2.75, 3.05) is 19.0 Å². The number of fused-ring (bicyclic) bond motifs is 1. The van der Waals surface area contributed by atoms with Crippen LogP contribution in [0.25, 0.3) is 0 Å². The Morgan fingerprint density at radius 3 is 2.50 bits per heavy atom. The third kappa shape index (κ3) is 4.98. The number of hydrazine groups is 1. The van der Waals surface area contributed by atoms with E-state index in [0.29, 0.717) is 28.5 Å². The molecule has 4 rings (SSSR count). The zero-order valence-electron chi connectivity index (χ0n) is 17.4. The highest BCUT2D eigenvalue weighted by Crippen LogP contribution is 2.30. The molecular formula is C24H23N3O5. The summed E-state index contributed by atoms with van der Waals surface area (Å²) in [6.07, 6.45) is -0.852. The fraction of sp³-hybridized carbons (Fsp3) is 0.167. The first-order valence-electron chi connectivity index (χ1n) is 10.1. The molecule has 0 spiro atoms. The second-order valence-corrected chi connectivity index (χ2v) is 7.06. The SMILES string of the molecule is COc1cccc(NC(=O)[C@@H](NNC(=O)[C@@H]2COc3ccccc3O2)c2ccccc2)c1. The normalized spacial score (nSPS) is 15.3. The Labute approximate surface area is 185 Å². The summed E-state index contributed by atoms with van der Waals surface area (Å²) in [5, 5.41) is 2.84. The Morgan fingerprint density at radius 2 is 1.72 bits per heavy atom. The van der Waals surface area contributed by atoms with Crippen LogP contribution < -0.4 is 30.4 Å². The number of nitrogens with one attached hydrogen (secondary N) is 3. The van der Waals surface area contributed by atoms with Gasteiger partial charge in [0.2, 0.25) is 12.0 Å². The second-order valence-electron chi connectivity index (χ2n) is 7.06. The number of hydrogen-bond acceptors (Lipinski definition) is 6. The van der Waals surface area contributed by atoms with E-state index >= 15 is 0 Å². The molecule has 0 aromatic heterocycles. The van der Waals surface area contributed by atoms with Crippen LogP contribution >= 0.6 is 0 Å². The Bertz CT molecular complexity index is 1090. The molecular weight excluding hydrogens is 410 g/mol. The summed E-state index contributed by atoms with van der Waals surface area (Å²) >= 11 is 0. The monoisotopic (exact) mass is 433 g/mol. The van der Waals surface area contributed by atoms with Crippen LogP contribution in [0.2, 0.25) is 0 Å². The number of anilines is 1. The molecule has 2 atom stereocenters. The van der Waals surface area contributed by atoms with Crippen LogP contribution in [0.1, 0.15) is 11.6 Å². The lowest BCUT2D eigenvalue weighted by Crippen LogP contribution is -2.51. The summed E-state index contributed by atoms with van der Waals surface area (Å²) in [5.74, 6) is 0.902. The van der Waals surface area contributed by atoms with Crippen molar-refractivity contribution in [3.8, 4) is 17.2 Å². The smallest absolute Gasteiger partial charge is 0.278 e. The molecule has 8 nitrogen and oxygen atoms in total. The summed E-state index contributed by atoms with van der Waals surface area (Å²) < 4.78 is 16.5. The summed E-state index contributed by atoms with van der Waals surface area (Å²) in [7, 11) is 1.56. The van der Waals surface area contributed by atoms with Gasteiger partial charge in [0, 0.05) is 11.8 Å². The van der Waals surface area contributed by atoms with Crippen LogP contribution in [-0.4, -0.2) is 31.6 Å². The average molecular weight is 433 g/mol. The number of methoxy groups -OCH3 is 1. The highest BCUT2D eigenvalue weighted by atomic mass is 16.6. The van der Waals surface area contributed by atoms with E-state index < -0.39 is 18.1 Å². The van der Waals surface area contributed by atoms with Gasteiger partial charge in [0.25, 0.3) is 5.91 Å². The largest absolute Gasteiger partial charge is 0.497 e. The lowest BCUT2D eigenvalue weighted by atomic mass is 10.1. The van der Waals surface area contributed by atoms with Gasteiger partial charge in [0.05, 0.1) is 7.11 Å². The van der Waals surface area contributed by atoms with E-state index in [1.165, 1.54) is 0 Å². The summed E-state index contributed by atoms with van der Waals surface area (Å²) in [6, 6.07) is 22.4. The van der Waals surface area contributed by atoms with Gasteiger partial charge in [0.15, 0.2) is 11.5 Å². The molecule has 0 aliphatic carbocycles. The molecule has 0 bridgehead atoms. The van der Waals surface area contributed by atoms with E-state index in [1.54, 1.807) is 61.7 Å². The molecule has 8 heteroatoms. The number of ether oxygens (including phenoxy) is 3. The van der Waals surface area contributed by atoms with Crippen LogP contribution in [0.5, 0.6) is 17.2 Å². The Balaban J connectivity index is 1.44. The number of amides is 2. The van der Waals surface area contributed by atoms with Crippen molar-refractivity contribution in [1.29, 1.82) is 0 Å². The van der Waals surface area contributed by atoms with Crippen LogP contribution in [-0.2, 0) is 9.59 Å². The molecule has 32 heavy (non-hydrogen) atoms. The zero-order valence-corrected chi connectivity index (χ0v) is 17.4. The molecule has 2 amide bonds. The van der Waals surface area contributed by atoms with Crippen molar-refractivity contribution < 1.29 is 23.8 Å². The summed E-state index contributed by atoms with van der Waals surface area (Å²) in [5.41, 5.74) is 6.67.